The molecule has 0 aliphatic rings. The number of halogens is 2. The van der Waals surface area contributed by atoms with E-state index in [1.807, 2.05) is 4.98 Å². The van der Waals surface area contributed by atoms with Gasteiger partial charge in [0, 0.05) is 12.7 Å². The molecule has 0 atom stereocenters. The van der Waals surface area contributed by atoms with E-state index in [0.717, 1.165) is 10.9 Å². The SMILES string of the molecule is O=C(NCCc1ccccc1F)c1cc(-n2ncc(=O)[nH]c2=O)ncc1Cl. The van der Waals surface area contributed by atoms with Crippen molar-refractivity contribution in [2.75, 3.05) is 6.54 Å². The molecule has 27 heavy (non-hydrogen) atoms. The van der Waals surface area contributed by atoms with Crippen molar-refractivity contribution in [3.63, 3.8) is 0 Å². The highest BCUT2D eigenvalue weighted by Gasteiger charge is 2.14. The van der Waals surface area contributed by atoms with Crippen LogP contribution in [0, 0.1) is 5.82 Å². The highest BCUT2D eigenvalue weighted by atomic mass is 35.5. The molecule has 0 unspecified atom stereocenters. The molecular formula is C17H13ClFN5O3. The average Bonchev–Trinajstić information content (AvgIpc) is 2.64. The Morgan fingerprint density at radius 1 is 1.26 bits per heavy atom. The minimum absolute atomic E-state index is 0.0138. The Morgan fingerprint density at radius 2 is 2.04 bits per heavy atom. The molecule has 2 aromatic heterocycles. The predicted octanol–water partition coefficient (Wildman–Crippen LogP) is 1.08. The number of hydrogen-bond donors (Lipinski definition) is 2. The third kappa shape index (κ3) is 4.26. The lowest BCUT2D eigenvalue weighted by molar-refractivity contribution is 0.0954. The van der Waals surface area contributed by atoms with Gasteiger partial charge < -0.3 is 5.32 Å². The lowest BCUT2D eigenvalue weighted by atomic mass is 10.1. The molecule has 1 aromatic carbocycles. The standard InChI is InChI=1S/C17H13ClFN5O3/c18-12-8-21-14(24-17(27)23-15(25)9-22-24)7-11(12)16(26)20-6-5-10-3-1-2-4-13(10)19/h1-4,7-9H,5-6H2,(H,20,26)(H,23,25,27). The van der Waals surface area contributed by atoms with E-state index in [1.165, 1.54) is 18.3 Å². The number of carbonyl (C=O) groups excluding carboxylic acids is 1. The van der Waals surface area contributed by atoms with Gasteiger partial charge in [-0.3, -0.25) is 14.6 Å². The van der Waals surface area contributed by atoms with Gasteiger partial charge in [-0.15, -0.1) is 0 Å². The lowest BCUT2D eigenvalue weighted by Gasteiger charge is -2.09. The third-order valence-corrected chi connectivity index (χ3v) is 3.95. The van der Waals surface area contributed by atoms with Crippen LogP contribution in [-0.4, -0.2) is 32.2 Å². The number of carbonyl (C=O) groups is 1. The van der Waals surface area contributed by atoms with Crippen LogP contribution in [0.3, 0.4) is 0 Å². The zero-order chi connectivity index (χ0) is 19.4. The second kappa shape index (κ2) is 7.92. The number of benzene rings is 1. The van der Waals surface area contributed by atoms with Gasteiger partial charge in [0.25, 0.3) is 11.5 Å². The molecular weight excluding hydrogens is 377 g/mol. The molecule has 8 nitrogen and oxygen atoms in total. The molecule has 0 spiro atoms. The Kier molecular flexibility index (Phi) is 5.41. The lowest BCUT2D eigenvalue weighted by Crippen LogP contribution is -2.31. The minimum Gasteiger partial charge on any atom is -0.352 e. The first-order valence-electron chi connectivity index (χ1n) is 7.82. The van der Waals surface area contributed by atoms with Crippen molar-refractivity contribution in [3.05, 3.63) is 85.5 Å². The van der Waals surface area contributed by atoms with Crippen molar-refractivity contribution in [1.29, 1.82) is 0 Å². The summed E-state index contributed by atoms with van der Waals surface area (Å²) in [5.74, 6) is -0.850. The number of amides is 1. The van der Waals surface area contributed by atoms with Gasteiger partial charge in [-0.1, -0.05) is 29.8 Å². The first-order chi connectivity index (χ1) is 13.0. The molecule has 0 aliphatic heterocycles. The van der Waals surface area contributed by atoms with Gasteiger partial charge in [0.15, 0.2) is 5.82 Å². The second-order valence-electron chi connectivity index (χ2n) is 5.47. The molecule has 1 amide bonds. The summed E-state index contributed by atoms with van der Waals surface area (Å²) in [5.41, 5.74) is -0.919. The molecule has 0 radical (unpaired) electrons. The normalized spacial score (nSPS) is 10.6. The number of rotatable bonds is 5. The van der Waals surface area contributed by atoms with Crippen molar-refractivity contribution in [1.82, 2.24) is 25.1 Å². The van der Waals surface area contributed by atoms with Crippen molar-refractivity contribution in [2.24, 2.45) is 0 Å². The second-order valence-corrected chi connectivity index (χ2v) is 5.88. The highest BCUT2D eigenvalue weighted by molar-refractivity contribution is 6.33. The number of pyridine rings is 1. The van der Waals surface area contributed by atoms with E-state index in [-0.39, 0.29) is 28.8 Å². The van der Waals surface area contributed by atoms with Crippen LogP contribution in [0.5, 0.6) is 0 Å². The Bertz CT molecular complexity index is 1110. The number of aromatic nitrogens is 4. The Labute approximate surface area is 156 Å². The van der Waals surface area contributed by atoms with Crippen LogP contribution in [0.15, 0.2) is 52.3 Å². The van der Waals surface area contributed by atoms with Gasteiger partial charge in [-0.05, 0) is 24.1 Å². The van der Waals surface area contributed by atoms with E-state index in [1.54, 1.807) is 18.2 Å². The van der Waals surface area contributed by atoms with E-state index in [2.05, 4.69) is 15.4 Å². The van der Waals surface area contributed by atoms with Gasteiger partial charge in [0.05, 0.1) is 10.6 Å². The van der Waals surface area contributed by atoms with Gasteiger partial charge in [0.1, 0.15) is 12.0 Å². The Morgan fingerprint density at radius 3 is 2.78 bits per heavy atom. The maximum atomic E-state index is 13.6. The van der Waals surface area contributed by atoms with E-state index in [9.17, 15) is 18.8 Å². The molecule has 2 heterocycles. The predicted molar refractivity (Wildman–Crippen MR) is 95.7 cm³/mol. The van der Waals surface area contributed by atoms with Gasteiger partial charge in [-0.2, -0.15) is 9.78 Å². The van der Waals surface area contributed by atoms with Crippen LogP contribution >= 0.6 is 11.6 Å². The summed E-state index contributed by atoms with van der Waals surface area (Å²) >= 11 is 6.02. The Hall–Kier alpha value is -3.33. The molecule has 0 saturated heterocycles. The number of nitrogens with zero attached hydrogens (tertiary/aromatic N) is 3. The molecule has 3 rings (SSSR count). The summed E-state index contributed by atoms with van der Waals surface area (Å²) < 4.78 is 14.4. The summed E-state index contributed by atoms with van der Waals surface area (Å²) in [4.78, 5) is 41.3. The van der Waals surface area contributed by atoms with Crippen LogP contribution < -0.4 is 16.6 Å². The number of H-pyrrole nitrogens is 1. The molecule has 0 aliphatic carbocycles. The maximum absolute atomic E-state index is 13.6. The monoisotopic (exact) mass is 389 g/mol. The van der Waals surface area contributed by atoms with Crippen LogP contribution in [0.4, 0.5) is 4.39 Å². The zero-order valence-corrected chi connectivity index (χ0v) is 14.5. The quantitative estimate of drug-likeness (QED) is 0.678. The highest BCUT2D eigenvalue weighted by Crippen LogP contribution is 2.16. The molecule has 10 heteroatoms. The summed E-state index contributed by atoms with van der Waals surface area (Å²) in [7, 11) is 0. The fourth-order valence-electron chi connectivity index (χ4n) is 2.34. The molecule has 0 saturated carbocycles. The topological polar surface area (TPSA) is 110 Å². The number of nitrogens with one attached hydrogen (secondary N) is 2. The summed E-state index contributed by atoms with van der Waals surface area (Å²) in [5, 5.41) is 6.37. The number of hydrogen-bond acceptors (Lipinski definition) is 5. The largest absolute Gasteiger partial charge is 0.352 e. The smallest absolute Gasteiger partial charge is 0.351 e. The fourth-order valence-corrected chi connectivity index (χ4v) is 2.53. The zero-order valence-electron chi connectivity index (χ0n) is 13.8. The van der Waals surface area contributed by atoms with Crippen LogP contribution in [-0.2, 0) is 6.42 Å². The van der Waals surface area contributed by atoms with Crippen LogP contribution in [0.25, 0.3) is 5.82 Å². The van der Waals surface area contributed by atoms with Crippen LogP contribution in [0.1, 0.15) is 15.9 Å². The van der Waals surface area contributed by atoms with Crippen LogP contribution in [0.2, 0.25) is 5.02 Å². The van der Waals surface area contributed by atoms with Crippen molar-refractivity contribution >= 4 is 17.5 Å². The van der Waals surface area contributed by atoms with Gasteiger partial charge in [0.2, 0.25) is 0 Å². The van der Waals surface area contributed by atoms with E-state index in [4.69, 9.17) is 11.6 Å². The first kappa shape index (κ1) is 18.5. The number of aromatic amines is 1. The Balaban J connectivity index is 1.77. The molecule has 3 aromatic rings. The summed E-state index contributed by atoms with van der Waals surface area (Å²) in [6.45, 7) is 0.185. The van der Waals surface area contributed by atoms with E-state index >= 15 is 0 Å². The van der Waals surface area contributed by atoms with Gasteiger partial charge in [-0.25, -0.2) is 14.2 Å². The molecule has 0 fully saturated rings. The molecule has 0 bridgehead atoms. The first-order valence-corrected chi connectivity index (χ1v) is 8.19. The summed E-state index contributed by atoms with van der Waals surface area (Å²) in [6.07, 6.45) is 2.41. The third-order valence-electron chi connectivity index (χ3n) is 3.65. The van der Waals surface area contributed by atoms with E-state index in [0.29, 0.717) is 12.0 Å². The van der Waals surface area contributed by atoms with Crippen molar-refractivity contribution in [2.45, 2.75) is 6.42 Å². The van der Waals surface area contributed by atoms with Crippen molar-refractivity contribution < 1.29 is 9.18 Å². The van der Waals surface area contributed by atoms with Crippen molar-refractivity contribution in [3.8, 4) is 5.82 Å². The minimum atomic E-state index is -0.803. The molecule has 138 valence electrons. The molecule has 2 N–H and O–H groups in total. The fraction of sp³-hybridized carbons (Fsp3) is 0.118. The maximum Gasteiger partial charge on any atom is 0.351 e. The summed E-state index contributed by atoms with van der Waals surface area (Å²) in [6, 6.07) is 7.54. The average molecular weight is 390 g/mol. The van der Waals surface area contributed by atoms with Gasteiger partial charge >= 0.3 is 5.69 Å². The van der Waals surface area contributed by atoms with E-state index < -0.39 is 17.2 Å².